The Morgan fingerprint density at radius 1 is 0.925 bits per heavy atom. The monoisotopic (exact) mass is 554 g/mol. The first-order chi connectivity index (χ1) is 19.2. The number of carbonyl (C=O) groups excluding carboxylic acids is 2. The van der Waals surface area contributed by atoms with Gasteiger partial charge in [0.1, 0.15) is 16.9 Å². The van der Waals surface area contributed by atoms with Crippen molar-refractivity contribution in [2.24, 2.45) is 0 Å². The minimum Gasteiger partial charge on any atom is -0.462 e. The second kappa shape index (κ2) is 10.8. The van der Waals surface area contributed by atoms with Crippen LogP contribution in [-0.2, 0) is 14.8 Å². The molecule has 0 aliphatic carbocycles. The molecule has 0 N–H and O–H groups in total. The summed E-state index contributed by atoms with van der Waals surface area (Å²) in [5, 5.41) is 0.318. The Labute approximate surface area is 231 Å². The van der Waals surface area contributed by atoms with E-state index in [0.29, 0.717) is 22.1 Å². The van der Waals surface area contributed by atoms with Crippen molar-refractivity contribution in [3.63, 3.8) is 0 Å². The molecule has 9 heteroatoms. The van der Waals surface area contributed by atoms with E-state index in [9.17, 15) is 18.0 Å². The fourth-order valence-electron chi connectivity index (χ4n) is 4.47. The maximum absolute atomic E-state index is 14.2. The predicted molar refractivity (Wildman–Crippen MR) is 152 cm³/mol. The summed E-state index contributed by atoms with van der Waals surface area (Å²) in [5.41, 5.74) is 2.52. The van der Waals surface area contributed by atoms with Crippen LogP contribution in [0.4, 0.5) is 5.69 Å². The summed E-state index contributed by atoms with van der Waals surface area (Å²) in [7, 11) is -4.40. The van der Waals surface area contributed by atoms with Crippen LogP contribution in [-0.4, -0.2) is 31.9 Å². The number of fused-ring (bicyclic) bond motifs is 1. The molecule has 0 unspecified atom stereocenters. The molecule has 8 nitrogen and oxygen atoms in total. The van der Waals surface area contributed by atoms with Gasteiger partial charge in [-0.2, -0.15) is 4.31 Å². The summed E-state index contributed by atoms with van der Waals surface area (Å²) in [4.78, 5) is 31.0. The lowest BCUT2D eigenvalue weighted by Gasteiger charge is -2.24. The van der Waals surface area contributed by atoms with E-state index in [4.69, 9.17) is 9.15 Å². The van der Waals surface area contributed by atoms with Gasteiger partial charge in [0, 0.05) is 28.9 Å². The summed E-state index contributed by atoms with van der Waals surface area (Å²) in [5.74, 6) is -1.11. The molecule has 5 aromatic rings. The lowest BCUT2D eigenvalue weighted by molar-refractivity contribution is 0.0528. The molecular weight excluding hydrogens is 528 g/mol. The Kier molecular flexibility index (Phi) is 7.23. The predicted octanol–water partition coefficient (Wildman–Crippen LogP) is 6.32. The van der Waals surface area contributed by atoms with E-state index >= 15 is 0 Å². The molecule has 40 heavy (non-hydrogen) atoms. The second-order valence-electron chi connectivity index (χ2n) is 9.15. The normalized spacial score (nSPS) is 11.4. The molecule has 0 atom stereocenters. The first kappa shape index (κ1) is 26.8. The molecule has 2 aromatic heterocycles. The lowest BCUT2D eigenvalue weighted by Crippen LogP contribution is -2.37. The van der Waals surface area contributed by atoms with Crippen molar-refractivity contribution < 1.29 is 27.2 Å². The van der Waals surface area contributed by atoms with E-state index in [0.717, 1.165) is 9.87 Å². The third kappa shape index (κ3) is 4.87. The number of furan rings is 1. The fraction of sp³-hybridized carbons (Fsp3) is 0.129. The van der Waals surface area contributed by atoms with Gasteiger partial charge >= 0.3 is 5.97 Å². The topological polar surface area (TPSA) is 107 Å². The number of anilines is 1. The highest BCUT2D eigenvalue weighted by Crippen LogP contribution is 2.38. The number of aryl methyl sites for hydroxylation is 2. The number of sulfonamides is 1. The van der Waals surface area contributed by atoms with Crippen LogP contribution in [0.15, 0.2) is 101 Å². The van der Waals surface area contributed by atoms with Crippen LogP contribution in [0.5, 0.6) is 0 Å². The molecule has 0 spiro atoms. The lowest BCUT2D eigenvalue weighted by atomic mass is 10.1. The number of rotatable bonds is 7. The molecule has 3 aromatic carbocycles. The van der Waals surface area contributed by atoms with Crippen molar-refractivity contribution in [2.45, 2.75) is 25.7 Å². The highest BCUT2D eigenvalue weighted by atomic mass is 32.2. The number of carbonyl (C=O) groups is 2. The number of esters is 1. The van der Waals surface area contributed by atoms with Gasteiger partial charge in [-0.25, -0.2) is 13.2 Å². The van der Waals surface area contributed by atoms with Gasteiger partial charge < -0.3 is 9.15 Å². The van der Waals surface area contributed by atoms with Gasteiger partial charge in [0.05, 0.1) is 17.2 Å². The van der Waals surface area contributed by atoms with Crippen molar-refractivity contribution in [1.82, 2.24) is 4.98 Å². The number of hydrogen-bond donors (Lipinski definition) is 0. The van der Waals surface area contributed by atoms with Crippen LogP contribution < -0.4 is 4.31 Å². The summed E-state index contributed by atoms with van der Waals surface area (Å²) >= 11 is 0. The molecule has 0 radical (unpaired) electrons. The molecule has 0 aliphatic rings. The molecule has 0 saturated carbocycles. The number of nitrogens with zero attached hydrogens (tertiary/aromatic N) is 2. The number of aromatic nitrogens is 1. The van der Waals surface area contributed by atoms with E-state index in [1.54, 1.807) is 51.1 Å². The van der Waals surface area contributed by atoms with Crippen LogP contribution in [0.2, 0.25) is 0 Å². The fourth-order valence-corrected chi connectivity index (χ4v) is 6.19. The number of amides is 1. The van der Waals surface area contributed by atoms with Gasteiger partial charge in [-0.3, -0.25) is 9.78 Å². The quantitative estimate of drug-likeness (QED) is 0.217. The van der Waals surface area contributed by atoms with Crippen molar-refractivity contribution in [1.29, 1.82) is 0 Å². The summed E-state index contributed by atoms with van der Waals surface area (Å²) in [6.45, 7) is 5.28. The molecule has 202 valence electrons. The first-order valence-electron chi connectivity index (χ1n) is 12.6. The van der Waals surface area contributed by atoms with Gasteiger partial charge in [0.15, 0.2) is 0 Å². The Morgan fingerprint density at radius 2 is 1.65 bits per heavy atom. The third-order valence-corrected chi connectivity index (χ3v) is 8.25. The van der Waals surface area contributed by atoms with Crippen LogP contribution in [0.3, 0.4) is 0 Å². The molecule has 1 amide bonds. The van der Waals surface area contributed by atoms with Gasteiger partial charge in [0.2, 0.25) is 0 Å². The van der Waals surface area contributed by atoms with Crippen molar-refractivity contribution >= 4 is 38.6 Å². The Hall–Kier alpha value is -4.76. The number of pyridine rings is 1. The van der Waals surface area contributed by atoms with E-state index in [1.165, 1.54) is 42.7 Å². The first-order valence-corrected chi connectivity index (χ1v) is 14.0. The van der Waals surface area contributed by atoms with E-state index in [-0.39, 0.29) is 34.1 Å². The number of ether oxygens (including phenoxy) is 1. The molecule has 0 bridgehead atoms. The molecule has 5 rings (SSSR count). The highest BCUT2D eigenvalue weighted by Gasteiger charge is 2.34. The summed E-state index contributed by atoms with van der Waals surface area (Å²) in [6.07, 6.45) is 2.83. The number of hydrogen-bond acceptors (Lipinski definition) is 7. The van der Waals surface area contributed by atoms with Crippen molar-refractivity contribution in [3.05, 3.63) is 114 Å². The largest absolute Gasteiger partial charge is 0.462 e. The van der Waals surface area contributed by atoms with Crippen LogP contribution in [0.25, 0.3) is 22.3 Å². The van der Waals surface area contributed by atoms with Gasteiger partial charge in [-0.1, -0.05) is 42.5 Å². The van der Waals surface area contributed by atoms with Crippen LogP contribution >= 0.6 is 0 Å². The van der Waals surface area contributed by atoms with Gasteiger partial charge in [0.25, 0.3) is 15.9 Å². The zero-order valence-corrected chi connectivity index (χ0v) is 22.9. The maximum Gasteiger partial charge on any atom is 0.342 e. The molecule has 0 aliphatic heterocycles. The summed E-state index contributed by atoms with van der Waals surface area (Å²) in [6, 6.07) is 21.5. The zero-order chi connectivity index (χ0) is 28.4. The maximum atomic E-state index is 14.2. The van der Waals surface area contributed by atoms with Crippen LogP contribution in [0, 0.1) is 13.8 Å². The molecule has 2 heterocycles. The van der Waals surface area contributed by atoms with E-state index in [2.05, 4.69) is 4.98 Å². The smallest absolute Gasteiger partial charge is 0.342 e. The average molecular weight is 555 g/mol. The second-order valence-corrected chi connectivity index (χ2v) is 10.9. The molecule has 0 saturated heterocycles. The minimum absolute atomic E-state index is 0.00205. The van der Waals surface area contributed by atoms with Gasteiger partial charge in [-0.15, -0.1) is 0 Å². The minimum atomic E-state index is -4.40. The van der Waals surface area contributed by atoms with Gasteiger partial charge in [-0.05, 0) is 68.3 Å². The van der Waals surface area contributed by atoms with Crippen molar-refractivity contribution in [3.8, 4) is 11.3 Å². The van der Waals surface area contributed by atoms with Crippen molar-refractivity contribution in [2.75, 3.05) is 10.9 Å². The number of benzene rings is 3. The molecular formula is C31H26N2O6S. The Bertz CT molecular complexity index is 1830. The average Bonchev–Trinajstić information content (AvgIpc) is 3.34. The highest BCUT2D eigenvalue weighted by molar-refractivity contribution is 7.93. The Balaban J connectivity index is 1.77. The van der Waals surface area contributed by atoms with Crippen LogP contribution in [0.1, 0.15) is 38.8 Å². The van der Waals surface area contributed by atoms with E-state index in [1.807, 2.05) is 18.2 Å². The third-order valence-electron chi connectivity index (χ3n) is 6.40. The standard InChI is InChI=1S/C31H26N2O6S/c1-4-38-31(35)28-25-19-24(12-13-26(25)39-29(28)22-8-6-5-7-9-22)33(30(34)23-14-16-32-17-15-23)40(36,37)27-18-20(2)10-11-21(27)3/h5-19H,4H2,1-3H3. The summed E-state index contributed by atoms with van der Waals surface area (Å²) < 4.78 is 40.5. The van der Waals surface area contributed by atoms with E-state index < -0.39 is 21.9 Å². The molecule has 0 fully saturated rings. The SMILES string of the molecule is CCOC(=O)c1c(-c2ccccc2)oc2ccc(N(C(=O)c3ccncc3)S(=O)(=O)c3cc(C)ccc3C)cc12. The Morgan fingerprint density at radius 3 is 2.35 bits per heavy atom. The zero-order valence-electron chi connectivity index (χ0n) is 22.1.